The summed E-state index contributed by atoms with van der Waals surface area (Å²) >= 11 is 6.00. The quantitative estimate of drug-likeness (QED) is 0.797. The molecule has 5 heteroatoms. The van der Waals surface area contributed by atoms with E-state index in [2.05, 4.69) is 0 Å². The summed E-state index contributed by atoms with van der Waals surface area (Å²) < 4.78 is 11.2. The van der Waals surface area contributed by atoms with E-state index < -0.39 is 0 Å². The highest BCUT2D eigenvalue weighted by Crippen LogP contribution is 2.30. The van der Waals surface area contributed by atoms with Gasteiger partial charge in [0, 0.05) is 18.1 Å². The fourth-order valence-electron chi connectivity index (χ4n) is 2.80. The van der Waals surface area contributed by atoms with Crippen molar-refractivity contribution in [2.75, 3.05) is 26.3 Å². The first-order chi connectivity index (χ1) is 9.63. The van der Waals surface area contributed by atoms with Crippen LogP contribution >= 0.6 is 11.6 Å². The third-order valence-electron chi connectivity index (χ3n) is 3.83. The molecule has 2 atom stereocenters. The Morgan fingerprint density at radius 3 is 3.10 bits per heavy atom. The van der Waals surface area contributed by atoms with Crippen molar-refractivity contribution in [3.05, 3.63) is 28.8 Å². The first kappa shape index (κ1) is 13.7. The fraction of sp³-hybridized carbons (Fsp3) is 0.533. The molecule has 1 aromatic rings. The van der Waals surface area contributed by atoms with Crippen LogP contribution in [0.5, 0.6) is 5.75 Å². The van der Waals surface area contributed by atoms with E-state index in [0.29, 0.717) is 37.7 Å². The number of halogens is 1. The average Bonchev–Trinajstić information content (AvgIpc) is 2.45. The lowest BCUT2D eigenvalue weighted by atomic mass is 9.95. The summed E-state index contributed by atoms with van der Waals surface area (Å²) in [7, 11) is 0. The third kappa shape index (κ3) is 2.76. The van der Waals surface area contributed by atoms with Gasteiger partial charge >= 0.3 is 0 Å². The monoisotopic (exact) mass is 295 g/mol. The molecule has 0 unspecified atom stereocenters. The van der Waals surface area contributed by atoms with Crippen LogP contribution in [0.25, 0.3) is 0 Å². The van der Waals surface area contributed by atoms with Crippen molar-refractivity contribution in [2.24, 2.45) is 5.92 Å². The number of amides is 1. The van der Waals surface area contributed by atoms with Crippen LogP contribution in [0.2, 0.25) is 5.02 Å². The second kappa shape index (κ2) is 5.62. The SMILES string of the molecule is C[C@H]1CN(C(=O)[C@@H]2COc3ccc(Cl)cc3C2)CCO1. The zero-order chi connectivity index (χ0) is 14.1. The van der Waals surface area contributed by atoms with Gasteiger partial charge in [-0.2, -0.15) is 0 Å². The van der Waals surface area contributed by atoms with Crippen LogP contribution in [-0.2, 0) is 16.0 Å². The van der Waals surface area contributed by atoms with Gasteiger partial charge in [-0.25, -0.2) is 0 Å². The van der Waals surface area contributed by atoms with Crippen molar-refractivity contribution in [3.63, 3.8) is 0 Å². The summed E-state index contributed by atoms with van der Waals surface area (Å²) in [5.41, 5.74) is 1.02. The molecule has 2 heterocycles. The van der Waals surface area contributed by atoms with E-state index in [1.54, 1.807) is 0 Å². The zero-order valence-electron chi connectivity index (χ0n) is 11.5. The van der Waals surface area contributed by atoms with Crippen molar-refractivity contribution in [1.29, 1.82) is 0 Å². The summed E-state index contributed by atoms with van der Waals surface area (Å²) in [4.78, 5) is 14.4. The minimum Gasteiger partial charge on any atom is -0.492 e. The molecular formula is C15H18ClNO3. The van der Waals surface area contributed by atoms with E-state index >= 15 is 0 Å². The van der Waals surface area contributed by atoms with Crippen LogP contribution in [0.15, 0.2) is 18.2 Å². The number of carbonyl (C=O) groups is 1. The molecular weight excluding hydrogens is 278 g/mol. The molecule has 108 valence electrons. The molecule has 2 aliphatic rings. The van der Waals surface area contributed by atoms with Gasteiger partial charge in [0.05, 0.1) is 18.6 Å². The third-order valence-corrected chi connectivity index (χ3v) is 4.07. The number of nitrogens with zero attached hydrogens (tertiary/aromatic N) is 1. The van der Waals surface area contributed by atoms with E-state index in [-0.39, 0.29) is 17.9 Å². The molecule has 0 aliphatic carbocycles. The minimum atomic E-state index is -0.119. The predicted octanol–water partition coefficient (Wildman–Crippen LogP) is 2.14. The second-order valence-corrected chi connectivity index (χ2v) is 5.87. The Morgan fingerprint density at radius 1 is 1.45 bits per heavy atom. The standard InChI is InChI=1S/C15H18ClNO3/c1-10-8-17(4-5-19-10)15(18)12-6-11-7-13(16)2-3-14(11)20-9-12/h2-3,7,10,12H,4-6,8-9H2,1H3/t10-,12-/m0/s1. The maximum atomic E-state index is 12.6. The maximum Gasteiger partial charge on any atom is 0.229 e. The Kier molecular flexibility index (Phi) is 3.85. The number of hydrogen-bond donors (Lipinski definition) is 0. The number of hydrogen-bond acceptors (Lipinski definition) is 3. The Morgan fingerprint density at radius 2 is 2.30 bits per heavy atom. The Bertz CT molecular complexity index is 520. The highest BCUT2D eigenvalue weighted by Gasteiger charge is 2.31. The van der Waals surface area contributed by atoms with Crippen molar-refractivity contribution in [1.82, 2.24) is 4.90 Å². The number of carbonyl (C=O) groups excluding carboxylic acids is 1. The van der Waals surface area contributed by atoms with Crippen LogP contribution in [0.1, 0.15) is 12.5 Å². The van der Waals surface area contributed by atoms with Crippen LogP contribution in [0, 0.1) is 5.92 Å². The molecule has 1 aromatic carbocycles. The van der Waals surface area contributed by atoms with Crippen LogP contribution < -0.4 is 4.74 Å². The largest absolute Gasteiger partial charge is 0.492 e. The summed E-state index contributed by atoms with van der Waals surface area (Å²) in [6.07, 6.45) is 0.805. The lowest BCUT2D eigenvalue weighted by Crippen LogP contribution is -2.48. The number of ether oxygens (including phenoxy) is 2. The first-order valence-electron chi connectivity index (χ1n) is 6.95. The Balaban J connectivity index is 1.71. The number of morpholine rings is 1. The Labute approximate surface area is 123 Å². The van der Waals surface area contributed by atoms with Gasteiger partial charge in [-0.1, -0.05) is 11.6 Å². The van der Waals surface area contributed by atoms with Gasteiger partial charge in [-0.3, -0.25) is 4.79 Å². The molecule has 2 aliphatic heterocycles. The highest BCUT2D eigenvalue weighted by molar-refractivity contribution is 6.30. The molecule has 1 amide bonds. The molecule has 1 fully saturated rings. The normalized spacial score (nSPS) is 25.8. The molecule has 0 radical (unpaired) electrons. The highest BCUT2D eigenvalue weighted by atomic mass is 35.5. The number of rotatable bonds is 1. The summed E-state index contributed by atoms with van der Waals surface area (Å²) in [5, 5.41) is 0.681. The summed E-state index contributed by atoms with van der Waals surface area (Å²) in [6.45, 7) is 4.38. The van der Waals surface area contributed by atoms with Gasteiger partial charge < -0.3 is 14.4 Å². The average molecular weight is 296 g/mol. The lowest BCUT2D eigenvalue weighted by Gasteiger charge is -2.35. The van der Waals surface area contributed by atoms with Gasteiger partial charge in [0.1, 0.15) is 12.4 Å². The molecule has 0 spiro atoms. The van der Waals surface area contributed by atoms with Crippen molar-refractivity contribution < 1.29 is 14.3 Å². The van der Waals surface area contributed by atoms with Crippen molar-refractivity contribution in [3.8, 4) is 5.75 Å². The molecule has 20 heavy (non-hydrogen) atoms. The van der Waals surface area contributed by atoms with Crippen LogP contribution in [0.4, 0.5) is 0 Å². The van der Waals surface area contributed by atoms with Crippen LogP contribution in [-0.4, -0.2) is 43.2 Å². The fourth-order valence-corrected chi connectivity index (χ4v) is 2.99. The molecule has 0 aromatic heterocycles. The topological polar surface area (TPSA) is 38.8 Å². The number of benzene rings is 1. The zero-order valence-corrected chi connectivity index (χ0v) is 12.2. The van der Waals surface area contributed by atoms with E-state index in [1.807, 2.05) is 30.0 Å². The summed E-state index contributed by atoms with van der Waals surface area (Å²) in [6, 6.07) is 5.57. The molecule has 0 bridgehead atoms. The molecule has 0 saturated carbocycles. The minimum absolute atomic E-state index is 0.110. The lowest BCUT2D eigenvalue weighted by molar-refractivity contribution is -0.143. The Hall–Kier alpha value is -1.26. The van der Waals surface area contributed by atoms with E-state index in [0.717, 1.165) is 11.3 Å². The van der Waals surface area contributed by atoms with Crippen molar-refractivity contribution >= 4 is 17.5 Å². The molecule has 1 saturated heterocycles. The van der Waals surface area contributed by atoms with Crippen molar-refractivity contribution in [2.45, 2.75) is 19.4 Å². The number of fused-ring (bicyclic) bond motifs is 1. The van der Waals surface area contributed by atoms with Gasteiger partial charge in [0.25, 0.3) is 0 Å². The van der Waals surface area contributed by atoms with E-state index in [1.165, 1.54) is 0 Å². The van der Waals surface area contributed by atoms with Gasteiger partial charge in [-0.05, 0) is 37.1 Å². The molecule has 0 N–H and O–H groups in total. The predicted molar refractivity (Wildman–Crippen MR) is 76.1 cm³/mol. The summed E-state index contributed by atoms with van der Waals surface area (Å²) in [5.74, 6) is 0.880. The van der Waals surface area contributed by atoms with Gasteiger partial charge in [0.15, 0.2) is 0 Å². The van der Waals surface area contributed by atoms with E-state index in [4.69, 9.17) is 21.1 Å². The molecule has 3 rings (SSSR count). The molecule has 4 nitrogen and oxygen atoms in total. The second-order valence-electron chi connectivity index (χ2n) is 5.43. The maximum absolute atomic E-state index is 12.6. The van der Waals surface area contributed by atoms with Gasteiger partial charge in [0.2, 0.25) is 5.91 Å². The van der Waals surface area contributed by atoms with Gasteiger partial charge in [-0.15, -0.1) is 0 Å². The van der Waals surface area contributed by atoms with E-state index in [9.17, 15) is 4.79 Å². The van der Waals surface area contributed by atoms with Crippen LogP contribution in [0.3, 0.4) is 0 Å². The smallest absolute Gasteiger partial charge is 0.229 e. The first-order valence-corrected chi connectivity index (χ1v) is 7.33.